The maximum absolute atomic E-state index is 13.3. The van der Waals surface area contributed by atoms with Gasteiger partial charge in [-0.05, 0) is 25.3 Å². The van der Waals surface area contributed by atoms with E-state index in [-0.39, 0.29) is 17.8 Å². The molecule has 3 rings (SSSR count). The number of nitrogens with zero attached hydrogens (tertiary/aromatic N) is 1. The quantitative estimate of drug-likeness (QED) is 0.674. The molecule has 0 aromatic heterocycles. The number of rotatable bonds is 5. The second-order valence-corrected chi connectivity index (χ2v) is 7.74. The highest BCUT2D eigenvalue weighted by molar-refractivity contribution is 6.19. The number of amides is 2. The van der Waals surface area contributed by atoms with Gasteiger partial charge in [-0.15, -0.1) is 0 Å². The molecule has 1 heterocycles. The van der Waals surface area contributed by atoms with Gasteiger partial charge >= 0.3 is 5.97 Å². The Morgan fingerprint density at radius 2 is 1.79 bits per heavy atom. The lowest BCUT2D eigenvalue weighted by Gasteiger charge is -2.49. The molecule has 1 saturated carbocycles. The van der Waals surface area contributed by atoms with Gasteiger partial charge in [0.1, 0.15) is 17.9 Å². The Labute approximate surface area is 164 Å². The van der Waals surface area contributed by atoms with Crippen LogP contribution in [0.4, 0.5) is 0 Å². The van der Waals surface area contributed by atoms with Gasteiger partial charge in [0.15, 0.2) is 0 Å². The molecule has 7 heteroatoms. The molecule has 1 aliphatic heterocycles. The normalized spacial score (nSPS) is 19.0. The van der Waals surface area contributed by atoms with E-state index < -0.39 is 29.9 Å². The highest BCUT2D eigenvalue weighted by Crippen LogP contribution is 2.43. The Morgan fingerprint density at radius 3 is 2.39 bits per heavy atom. The summed E-state index contributed by atoms with van der Waals surface area (Å²) in [7, 11) is 0. The van der Waals surface area contributed by atoms with Crippen LogP contribution < -0.4 is 5.32 Å². The molecule has 1 spiro atoms. The van der Waals surface area contributed by atoms with Crippen molar-refractivity contribution in [1.82, 2.24) is 10.2 Å². The van der Waals surface area contributed by atoms with Crippen molar-refractivity contribution in [2.75, 3.05) is 6.54 Å². The first-order valence-electron chi connectivity index (χ1n) is 9.62. The van der Waals surface area contributed by atoms with Crippen LogP contribution in [-0.2, 0) is 20.9 Å². The Bertz CT molecular complexity index is 807. The number of benzene rings is 1. The SMILES string of the molecule is Cc1ccc(CN2C(=O)C(C(=O)NCC(=O)O)=C(O)CC23CCCCC3)cc1. The molecule has 0 radical (unpaired) electrons. The Balaban J connectivity index is 1.93. The fraction of sp³-hybridized carbons (Fsp3) is 0.476. The van der Waals surface area contributed by atoms with Crippen LogP contribution in [0.2, 0.25) is 0 Å². The first-order chi connectivity index (χ1) is 13.3. The van der Waals surface area contributed by atoms with E-state index in [1.54, 1.807) is 4.90 Å². The lowest BCUT2D eigenvalue weighted by atomic mass is 9.74. The van der Waals surface area contributed by atoms with Gasteiger partial charge in [-0.2, -0.15) is 0 Å². The minimum atomic E-state index is -1.21. The maximum atomic E-state index is 13.3. The Hall–Kier alpha value is -2.83. The Morgan fingerprint density at radius 1 is 1.14 bits per heavy atom. The van der Waals surface area contributed by atoms with Crippen molar-refractivity contribution < 1.29 is 24.6 Å². The molecule has 28 heavy (non-hydrogen) atoms. The number of aliphatic hydroxyl groups is 1. The number of carbonyl (C=O) groups excluding carboxylic acids is 2. The number of hydrogen-bond acceptors (Lipinski definition) is 4. The van der Waals surface area contributed by atoms with Gasteiger partial charge in [-0.3, -0.25) is 14.4 Å². The van der Waals surface area contributed by atoms with Crippen molar-refractivity contribution in [2.45, 2.75) is 57.5 Å². The van der Waals surface area contributed by atoms with Crippen LogP contribution in [0.15, 0.2) is 35.6 Å². The van der Waals surface area contributed by atoms with E-state index in [1.165, 1.54) is 0 Å². The van der Waals surface area contributed by atoms with Gasteiger partial charge in [-0.25, -0.2) is 0 Å². The zero-order valence-electron chi connectivity index (χ0n) is 16.0. The minimum absolute atomic E-state index is 0.223. The topological polar surface area (TPSA) is 107 Å². The molecule has 1 aromatic carbocycles. The Kier molecular flexibility index (Phi) is 5.72. The van der Waals surface area contributed by atoms with Crippen molar-refractivity contribution in [3.8, 4) is 0 Å². The molecule has 2 aliphatic rings. The zero-order chi connectivity index (χ0) is 20.3. The van der Waals surface area contributed by atoms with Crippen LogP contribution >= 0.6 is 0 Å². The van der Waals surface area contributed by atoms with E-state index >= 15 is 0 Å². The first-order valence-corrected chi connectivity index (χ1v) is 9.62. The van der Waals surface area contributed by atoms with Gasteiger partial charge in [0.05, 0.1) is 5.54 Å². The van der Waals surface area contributed by atoms with E-state index in [1.807, 2.05) is 31.2 Å². The molecular weight excluding hydrogens is 360 g/mol. The molecule has 0 atom stereocenters. The molecule has 0 unspecified atom stereocenters. The molecule has 3 N–H and O–H groups in total. The fourth-order valence-electron chi connectivity index (χ4n) is 4.21. The smallest absolute Gasteiger partial charge is 0.322 e. The van der Waals surface area contributed by atoms with Crippen LogP contribution in [0, 0.1) is 6.92 Å². The third-order valence-corrected chi connectivity index (χ3v) is 5.69. The summed E-state index contributed by atoms with van der Waals surface area (Å²) in [5.74, 6) is -2.83. The summed E-state index contributed by atoms with van der Waals surface area (Å²) < 4.78 is 0. The number of carboxylic acid groups (broad SMARTS) is 1. The molecule has 1 fully saturated rings. The molecule has 150 valence electrons. The largest absolute Gasteiger partial charge is 0.511 e. The number of aliphatic carboxylic acids is 1. The minimum Gasteiger partial charge on any atom is -0.511 e. The lowest BCUT2D eigenvalue weighted by Crippen LogP contribution is -2.57. The van der Waals surface area contributed by atoms with E-state index in [4.69, 9.17) is 5.11 Å². The number of aryl methyl sites for hydroxylation is 1. The fourth-order valence-corrected chi connectivity index (χ4v) is 4.21. The predicted octanol–water partition coefficient (Wildman–Crippen LogP) is 2.44. The predicted molar refractivity (Wildman–Crippen MR) is 102 cm³/mol. The third-order valence-electron chi connectivity index (χ3n) is 5.69. The van der Waals surface area contributed by atoms with Crippen molar-refractivity contribution >= 4 is 17.8 Å². The second-order valence-electron chi connectivity index (χ2n) is 7.74. The maximum Gasteiger partial charge on any atom is 0.322 e. The summed E-state index contributed by atoms with van der Waals surface area (Å²) in [5, 5.41) is 21.5. The van der Waals surface area contributed by atoms with Crippen LogP contribution in [0.1, 0.15) is 49.7 Å². The third kappa shape index (κ3) is 4.03. The monoisotopic (exact) mass is 386 g/mol. The highest BCUT2D eigenvalue weighted by atomic mass is 16.4. The van der Waals surface area contributed by atoms with Crippen molar-refractivity contribution in [1.29, 1.82) is 0 Å². The number of nitrogens with one attached hydrogen (secondary N) is 1. The summed E-state index contributed by atoms with van der Waals surface area (Å²) in [6.07, 6.45) is 4.79. The van der Waals surface area contributed by atoms with E-state index in [0.29, 0.717) is 6.54 Å². The summed E-state index contributed by atoms with van der Waals surface area (Å²) in [6, 6.07) is 7.87. The molecule has 0 saturated heterocycles. The molecular formula is C21H26N2O5. The van der Waals surface area contributed by atoms with E-state index in [9.17, 15) is 19.5 Å². The number of hydrogen-bond donors (Lipinski definition) is 3. The van der Waals surface area contributed by atoms with Gasteiger partial charge in [0, 0.05) is 13.0 Å². The number of aliphatic hydroxyl groups excluding tert-OH is 1. The van der Waals surface area contributed by atoms with Crippen LogP contribution in [-0.4, -0.2) is 45.0 Å². The molecule has 0 bridgehead atoms. The van der Waals surface area contributed by atoms with Crippen molar-refractivity contribution in [2.24, 2.45) is 0 Å². The first kappa shape index (κ1) is 19.9. The average molecular weight is 386 g/mol. The standard InChI is InChI=1S/C21H26N2O5/c1-14-5-7-15(8-6-14)13-23-20(28)18(19(27)22-12-17(25)26)16(24)11-21(23)9-3-2-4-10-21/h5-8,24H,2-4,9-13H2,1H3,(H,22,27)(H,25,26). The van der Waals surface area contributed by atoms with Crippen molar-refractivity contribution in [3.05, 3.63) is 46.7 Å². The zero-order valence-corrected chi connectivity index (χ0v) is 16.0. The molecule has 1 aliphatic carbocycles. The van der Waals surface area contributed by atoms with Crippen LogP contribution in [0.5, 0.6) is 0 Å². The van der Waals surface area contributed by atoms with Crippen LogP contribution in [0.25, 0.3) is 0 Å². The summed E-state index contributed by atoms with van der Waals surface area (Å²) in [6.45, 7) is 1.73. The number of carbonyl (C=O) groups is 3. The van der Waals surface area contributed by atoms with Gasteiger partial charge in [0.2, 0.25) is 0 Å². The van der Waals surface area contributed by atoms with Gasteiger partial charge in [0.25, 0.3) is 11.8 Å². The highest BCUT2D eigenvalue weighted by Gasteiger charge is 2.48. The lowest BCUT2D eigenvalue weighted by molar-refractivity contribution is -0.142. The van der Waals surface area contributed by atoms with Gasteiger partial charge in [-0.1, -0.05) is 49.1 Å². The van der Waals surface area contributed by atoms with Gasteiger partial charge < -0.3 is 20.4 Å². The van der Waals surface area contributed by atoms with Crippen LogP contribution in [0.3, 0.4) is 0 Å². The summed E-state index contributed by atoms with van der Waals surface area (Å²) in [4.78, 5) is 38.1. The second kappa shape index (κ2) is 8.04. The molecule has 1 aromatic rings. The summed E-state index contributed by atoms with van der Waals surface area (Å²) in [5.41, 5.74) is 1.23. The van der Waals surface area contributed by atoms with E-state index in [0.717, 1.165) is 43.2 Å². The van der Waals surface area contributed by atoms with E-state index in [2.05, 4.69) is 5.32 Å². The average Bonchev–Trinajstić information content (AvgIpc) is 2.65. The summed E-state index contributed by atoms with van der Waals surface area (Å²) >= 11 is 0. The van der Waals surface area contributed by atoms with Crippen molar-refractivity contribution in [3.63, 3.8) is 0 Å². The molecule has 7 nitrogen and oxygen atoms in total. The molecule has 2 amide bonds. The number of carboxylic acids is 1.